The second-order valence-corrected chi connectivity index (χ2v) is 5.34. The van der Waals surface area contributed by atoms with Gasteiger partial charge in [0, 0.05) is 22.9 Å². The summed E-state index contributed by atoms with van der Waals surface area (Å²) in [4.78, 5) is 5.77. The Labute approximate surface area is 110 Å². The summed E-state index contributed by atoms with van der Waals surface area (Å²) in [6.45, 7) is 0. The molecule has 90 valence electrons. The highest BCUT2D eigenvalue weighted by molar-refractivity contribution is 7.09. The third-order valence-electron chi connectivity index (χ3n) is 3.06. The Hall–Kier alpha value is -1.71. The zero-order valence-corrected chi connectivity index (χ0v) is 10.7. The highest BCUT2D eigenvalue weighted by atomic mass is 32.1. The second kappa shape index (κ2) is 4.88. The highest BCUT2D eigenvalue weighted by Gasteiger charge is 2.12. The molecule has 2 N–H and O–H groups in total. The lowest BCUT2D eigenvalue weighted by atomic mass is 10.0. The SMILES string of the molecule is NC(Cc1cccs1)c1nccc2ccccc12. The summed E-state index contributed by atoms with van der Waals surface area (Å²) < 4.78 is 0. The van der Waals surface area contributed by atoms with Crippen molar-refractivity contribution in [1.82, 2.24) is 4.98 Å². The number of thiophene rings is 1. The predicted molar refractivity (Wildman–Crippen MR) is 76.7 cm³/mol. The summed E-state index contributed by atoms with van der Waals surface area (Å²) in [5.41, 5.74) is 7.28. The van der Waals surface area contributed by atoms with E-state index < -0.39 is 0 Å². The zero-order chi connectivity index (χ0) is 12.4. The summed E-state index contributed by atoms with van der Waals surface area (Å²) in [6.07, 6.45) is 2.69. The molecule has 1 aromatic carbocycles. The number of hydrogen-bond acceptors (Lipinski definition) is 3. The van der Waals surface area contributed by atoms with Crippen molar-refractivity contribution in [3.8, 4) is 0 Å². The van der Waals surface area contributed by atoms with Gasteiger partial charge in [-0.3, -0.25) is 4.98 Å². The maximum absolute atomic E-state index is 6.30. The van der Waals surface area contributed by atoms with Crippen molar-refractivity contribution in [2.75, 3.05) is 0 Å². The van der Waals surface area contributed by atoms with Crippen LogP contribution < -0.4 is 5.73 Å². The average molecular weight is 254 g/mol. The summed E-state index contributed by atoms with van der Waals surface area (Å²) >= 11 is 1.74. The van der Waals surface area contributed by atoms with Gasteiger partial charge in [-0.1, -0.05) is 30.3 Å². The first-order valence-electron chi connectivity index (χ1n) is 5.96. The summed E-state index contributed by atoms with van der Waals surface area (Å²) in [5, 5.41) is 4.44. The third-order valence-corrected chi connectivity index (χ3v) is 3.96. The zero-order valence-electron chi connectivity index (χ0n) is 9.91. The number of rotatable bonds is 3. The first kappa shape index (κ1) is 11.4. The molecule has 0 radical (unpaired) electrons. The Morgan fingerprint density at radius 3 is 2.83 bits per heavy atom. The molecule has 1 unspecified atom stereocenters. The molecular weight excluding hydrogens is 240 g/mol. The van der Waals surface area contributed by atoms with E-state index in [2.05, 4.69) is 34.6 Å². The Bertz CT molecular complexity index is 641. The number of fused-ring (bicyclic) bond motifs is 1. The van der Waals surface area contributed by atoms with Gasteiger partial charge < -0.3 is 5.73 Å². The topological polar surface area (TPSA) is 38.9 Å². The van der Waals surface area contributed by atoms with E-state index in [0.29, 0.717) is 0 Å². The molecule has 0 aliphatic carbocycles. The van der Waals surface area contributed by atoms with E-state index in [1.807, 2.05) is 24.4 Å². The minimum absolute atomic E-state index is 0.0465. The smallest absolute Gasteiger partial charge is 0.0652 e. The summed E-state index contributed by atoms with van der Waals surface area (Å²) in [5.74, 6) is 0. The monoisotopic (exact) mass is 254 g/mol. The second-order valence-electron chi connectivity index (χ2n) is 4.31. The minimum atomic E-state index is -0.0465. The number of benzene rings is 1. The molecule has 18 heavy (non-hydrogen) atoms. The van der Waals surface area contributed by atoms with Gasteiger partial charge in [0.05, 0.1) is 11.7 Å². The first-order chi connectivity index (χ1) is 8.84. The first-order valence-corrected chi connectivity index (χ1v) is 6.84. The van der Waals surface area contributed by atoms with Crippen molar-refractivity contribution in [2.45, 2.75) is 12.5 Å². The van der Waals surface area contributed by atoms with Crippen LogP contribution in [0.3, 0.4) is 0 Å². The lowest BCUT2D eigenvalue weighted by Gasteiger charge is -2.12. The molecule has 3 aromatic rings. The lowest BCUT2D eigenvalue weighted by Crippen LogP contribution is -2.14. The molecule has 0 fully saturated rings. The molecule has 0 aliphatic rings. The van der Waals surface area contributed by atoms with Gasteiger partial charge in [0.2, 0.25) is 0 Å². The van der Waals surface area contributed by atoms with Crippen LogP contribution in [0, 0.1) is 0 Å². The fourth-order valence-electron chi connectivity index (χ4n) is 2.18. The van der Waals surface area contributed by atoms with E-state index in [1.54, 1.807) is 11.3 Å². The average Bonchev–Trinajstić information content (AvgIpc) is 2.91. The fraction of sp³-hybridized carbons (Fsp3) is 0.133. The normalized spacial score (nSPS) is 12.7. The molecule has 0 amide bonds. The lowest BCUT2D eigenvalue weighted by molar-refractivity contribution is 0.711. The summed E-state index contributed by atoms with van der Waals surface area (Å²) in [6, 6.07) is 14.4. The molecule has 2 heterocycles. The van der Waals surface area contributed by atoms with Crippen LogP contribution in [0.25, 0.3) is 10.8 Å². The van der Waals surface area contributed by atoms with Gasteiger partial charge in [0.1, 0.15) is 0 Å². The molecule has 0 bridgehead atoms. The maximum Gasteiger partial charge on any atom is 0.0652 e. The molecule has 3 heteroatoms. The van der Waals surface area contributed by atoms with Crippen LogP contribution >= 0.6 is 11.3 Å². The molecule has 2 nitrogen and oxygen atoms in total. The maximum atomic E-state index is 6.30. The molecule has 1 atom stereocenters. The van der Waals surface area contributed by atoms with Crippen molar-refractivity contribution in [3.63, 3.8) is 0 Å². The van der Waals surface area contributed by atoms with Gasteiger partial charge >= 0.3 is 0 Å². The van der Waals surface area contributed by atoms with Crippen molar-refractivity contribution < 1.29 is 0 Å². The minimum Gasteiger partial charge on any atom is -0.322 e. The molecule has 2 aromatic heterocycles. The van der Waals surface area contributed by atoms with Gasteiger partial charge in [-0.25, -0.2) is 0 Å². The van der Waals surface area contributed by atoms with Crippen LogP contribution in [0.2, 0.25) is 0 Å². The highest BCUT2D eigenvalue weighted by Crippen LogP contribution is 2.24. The van der Waals surface area contributed by atoms with E-state index in [0.717, 1.165) is 17.5 Å². The van der Waals surface area contributed by atoms with E-state index in [4.69, 9.17) is 5.73 Å². The number of nitrogens with two attached hydrogens (primary N) is 1. The third kappa shape index (κ3) is 2.15. The van der Waals surface area contributed by atoms with Gasteiger partial charge in [-0.05, 0) is 22.9 Å². The Balaban J connectivity index is 1.98. The van der Waals surface area contributed by atoms with Crippen molar-refractivity contribution in [2.24, 2.45) is 5.73 Å². The Morgan fingerprint density at radius 1 is 1.11 bits per heavy atom. The number of nitrogens with zero attached hydrogens (tertiary/aromatic N) is 1. The van der Waals surface area contributed by atoms with E-state index >= 15 is 0 Å². The Morgan fingerprint density at radius 2 is 2.00 bits per heavy atom. The molecule has 0 saturated carbocycles. The van der Waals surface area contributed by atoms with Crippen LogP contribution in [0.5, 0.6) is 0 Å². The molecule has 3 rings (SSSR count). The van der Waals surface area contributed by atoms with Crippen LogP contribution in [-0.4, -0.2) is 4.98 Å². The molecule has 0 spiro atoms. The van der Waals surface area contributed by atoms with Crippen LogP contribution in [0.4, 0.5) is 0 Å². The standard InChI is InChI=1S/C15H14N2S/c16-14(10-12-5-3-9-18-12)15-13-6-2-1-4-11(13)7-8-17-15/h1-9,14H,10,16H2. The van der Waals surface area contributed by atoms with E-state index in [1.165, 1.54) is 10.3 Å². The quantitative estimate of drug-likeness (QED) is 0.776. The van der Waals surface area contributed by atoms with Gasteiger partial charge in [-0.2, -0.15) is 0 Å². The fourth-order valence-corrected chi connectivity index (χ4v) is 2.95. The van der Waals surface area contributed by atoms with Gasteiger partial charge in [-0.15, -0.1) is 11.3 Å². The van der Waals surface area contributed by atoms with Crippen molar-refractivity contribution in [3.05, 3.63) is 64.6 Å². The van der Waals surface area contributed by atoms with Crippen LogP contribution in [0.15, 0.2) is 54.0 Å². The molecule has 0 saturated heterocycles. The number of aromatic nitrogens is 1. The van der Waals surface area contributed by atoms with Gasteiger partial charge in [0.15, 0.2) is 0 Å². The largest absolute Gasteiger partial charge is 0.322 e. The van der Waals surface area contributed by atoms with Gasteiger partial charge in [0.25, 0.3) is 0 Å². The Kier molecular flexibility index (Phi) is 3.09. The van der Waals surface area contributed by atoms with Crippen molar-refractivity contribution >= 4 is 22.1 Å². The summed E-state index contributed by atoms with van der Waals surface area (Å²) in [7, 11) is 0. The van der Waals surface area contributed by atoms with Crippen molar-refractivity contribution in [1.29, 1.82) is 0 Å². The molecule has 0 aliphatic heterocycles. The molecular formula is C15H14N2S. The predicted octanol–water partition coefficient (Wildman–Crippen LogP) is 3.54. The number of pyridine rings is 1. The van der Waals surface area contributed by atoms with E-state index in [-0.39, 0.29) is 6.04 Å². The van der Waals surface area contributed by atoms with E-state index in [9.17, 15) is 0 Å². The number of hydrogen-bond donors (Lipinski definition) is 1. The van der Waals surface area contributed by atoms with Crippen LogP contribution in [0.1, 0.15) is 16.6 Å². The van der Waals surface area contributed by atoms with Crippen LogP contribution in [-0.2, 0) is 6.42 Å².